The van der Waals surface area contributed by atoms with Gasteiger partial charge in [-0.25, -0.2) is 5.43 Å². The summed E-state index contributed by atoms with van der Waals surface area (Å²) in [6.45, 7) is 1.78. The molecule has 1 N–H and O–H groups in total. The first-order valence-electron chi connectivity index (χ1n) is 8.81. The number of hydrogen-bond acceptors (Lipinski definition) is 5. The van der Waals surface area contributed by atoms with Gasteiger partial charge in [0.05, 0.1) is 37.4 Å². The van der Waals surface area contributed by atoms with Gasteiger partial charge in [0, 0.05) is 10.6 Å². The van der Waals surface area contributed by atoms with Crippen LogP contribution in [-0.2, 0) is 0 Å². The highest BCUT2D eigenvalue weighted by Crippen LogP contribution is 2.27. The van der Waals surface area contributed by atoms with Gasteiger partial charge in [0.15, 0.2) is 11.5 Å². The van der Waals surface area contributed by atoms with Crippen LogP contribution in [0.5, 0.6) is 11.5 Å². The molecule has 1 amide bonds. The van der Waals surface area contributed by atoms with Gasteiger partial charge in [0.2, 0.25) is 0 Å². The number of amides is 1. The number of hydrazone groups is 1. The van der Waals surface area contributed by atoms with Gasteiger partial charge in [-0.05, 0) is 55.0 Å². The fraction of sp³-hybridized carbons (Fsp3) is 0.136. The third-order valence-electron chi connectivity index (χ3n) is 4.24. The van der Waals surface area contributed by atoms with Crippen LogP contribution in [-0.4, -0.2) is 31.3 Å². The maximum Gasteiger partial charge on any atom is 0.273 e. The van der Waals surface area contributed by atoms with Crippen molar-refractivity contribution in [1.29, 1.82) is 0 Å². The molecule has 0 saturated heterocycles. The quantitative estimate of drug-likeness (QED) is 0.481. The monoisotopic (exact) mass is 409 g/mol. The van der Waals surface area contributed by atoms with Crippen molar-refractivity contribution in [3.05, 3.63) is 76.4 Å². The largest absolute Gasteiger partial charge is 0.493 e. The molecule has 6 nitrogen and oxygen atoms in total. The SMILES string of the molecule is COc1ccc(/C=N/NC(=O)c2ccc(-c3cccc(Cl)c3)nc2C)cc1OC. The normalized spacial score (nSPS) is 10.8. The number of aromatic nitrogens is 1. The molecular formula is C22H20ClN3O3. The Morgan fingerprint density at radius 1 is 1.07 bits per heavy atom. The smallest absolute Gasteiger partial charge is 0.273 e. The summed E-state index contributed by atoms with van der Waals surface area (Å²) in [4.78, 5) is 17.0. The predicted molar refractivity (Wildman–Crippen MR) is 114 cm³/mol. The molecule has 0 aliphatic carbocycles. The number of carbonyl (C=O) groups excluding carboxylic acids is 1. The average Bonchev–Trinajstić information content (AvgIpc) is 2.73. The lowest BCUT2D eigenvalue weighted by molar-refractivity contribution is 0.0954. The van der Waals surface area contributed by atoms with Gasteiger partial charge in [-0.15, -0.1) is 0 Å². The molecule has 29 heavy (non-hydrogen) atoms. The van der Waals surface area contributed by atoms with Gasteiger partial charge < -0.3 is 9.47 Å². The fourth-order valence-electron chi connectivity index (χ4n) is 2.77. The Morgan fingerprint density at radius 2 is 1.86 bits per heavy atom. The molecule has 1 aromatic heterocycles. The number of ether oxygens (including phenoxy) is 2. The minimum Gasteiger partial charge on any atom is -0.493 e. The zero-order chi connectivity index (χ0) is 20.8. The zero-order valence-electron chi connectivity index (χ0n) is 16.3. The van der Waals surface area contributed by atoms with Crippen molar-refractivity contribution >= 4 is 23.7 Å². The van der Waals surface area contributed by atoms with E-state index in [1.54, 1.807) is 51.5 Å². The molecule has 0 radical (unpaired) electrons. The van der Waals surface area contributed by atoms with Gasteiger partial charge in [0.25, 0.3) is 5.91 Å². The van der Waals surface area contributed by atoms with Gasteiger partial charge >= 0.3 is 0 Å². The molecule has 0 atom stereocenters. The summed E-state index contributed by atoms with van der Waals surface area (Å²) in [5, 5.41) is 4.65. The maximum absolute atomic E-state index is 12.5. The number of methoxy groups -OCH3 is 2. The molecule has 0 unspecified atom stereocenters. The van der Waals surface area contributed by atoms with Crippen molar-refractivity contribution in [2.45, 2.75) is 6.92 Å². The van der Waals surface area contributed by atoms with Crippen LogP contribution in [0.4, 0.5) is 0 Å². The Hall–Kier alpha value is -3.38. The number of rotatable bonds is 6. The molecule has 1 heterocycles. The number of nitrogens with zero attached hydrogens (tertiary/aromatic N) is 2. The Kier molecular flexibility index (Phi) is 6.46. The topological polar surface area (TPSA) is 72.8 Å². The van der Waals surface area contributed by atoms with Crippen LogP contribution in [0, 0.1) is 6.92 Å². The summed E-state index contributed by atoms with van der Waals surface area (Å²) in [6, 6.07) is 16.3. The van der Waals surface area contributed by atoms with Crippen molar-refractivity contribution in [3.63, 3.8) is 0 Å². The van der Waals surface area contributed by atoms with Crippen molar-refractivity contribution in [2.24, 2.45) is 5.10 Å². The van der Waals surface area contributed by atoms with Crippen LogP contribution in [0.25, 0.3) is 11.3 Å². The molecular weight excluding hydrogens is 390 g/mol. The Bertz CT molecular complexity index is 1070. The lowest BCUT2D eigenvalue weighted by atomic mass is 10.1. The minimum atomic E-state index is -0.343. The lowest BCUT2D eigenvalue weighted by Gasteiger charge is -2.08. The predicted octanol–water partition coefficient (Wildman–Crippen LogP) is 4.49. The molecule has 0 saturated carbocycles. The van der Waals surface area contributed by atoms with Crippen molar-refractivity contribution in [1.82, 2.24) is 10.4 Å². The molecule has 7 heteroatoms. The summed E-state index contributed by atoms with van der Waals surface area (Å²) in [5.41, 5.74) is 5.96. The molecule has 0 aliphatic rings. The number of nitrogens with one attached hydrogen (secondary N) is 1. The zero-order valence-corrected chi connectivity index (χ0v) is 17.0. The van der Waals surface area contributed by atoms with E-state index in [0.29, 0.717) is 27.8 Å². The van der Waals surface area contributed by atoms with Crippen LogP contribution >= 0.6 is 11.6 Å². The second kappa shape index (κ2) is 9.21. The second-order valence-corrected chi connectivity index (χ2v) is 6.59. The molecule has 0 fully saturated rings. The first-order valence-corrected chi connectivity index (χ1v) is 9.18. The third-order valence-corrected chi connectivity index (χ3v) is 4.47. The molecule has 0 aliphatic heterocycles. The molecule has 3 aromatic rings. The number of aryl methyl sites for hydroxylation is 1. The Balaban J connectivity index is 1.72. The summed E-state index contributed by atoms with van der Waals surface area (Å²) in [6.07, 6.45) is 1.53. The van der Waals surface area contributed by atoms with Gasteiger partial charge in [0.1, 0.15) is 0 Å². The van der Waals surface area contributed by atoms with Crippen LogP contribution in [0.3, 0.4) is 0 Å². The highest BCUT2D eigenvalue weighted by Gasteiger charge is 2.11. The number of pyridine rings is 1. The van der Waals surface area contributed by atoms with Gasteiger partial charge in [-0.3, -0.25) is 9.78 Å². The maximum atomic E-state index is 12.5. The molecule has 148 valence electrons. The van der Waals surface area contributed by atoms with Crippen molar-refractivity contribution < 1.29 is 14.3 Å². The molecule has 3 rings (SSSR count). The van der Waals surface area contributed by atoms with Crippen molar-refractivity contribution in [3.8, 4) is 22.8 Å². The van der Waals surface area contributed by atoms with E-state index in [2.05, 4.69) is 15.5 Å². The van der Waals surface area contributed by atoms with E-state index in [0.717, 1.165) is 16.8 Å². The Labute approximate surface area is 174 Å². The molecule has 0 spiro atoms. The standard InChI is InChI=1S/C22H20ClN3O3/c1-14-18(8-9-19(25-14)16-5-4-6-17(23)12-16)22(27)26-24-13-15-7-10-20(28-2)21(11-15)29-3/h4-13H,1-3H3,(H,26,27)/b24-13+. The second-order valence-electron chi connectivity index (χ2n) is 6.15. The number of benzene rings is 2. The fourth-order valence-corrected chi connectivity index (χ4v) is 2.96. The first kappa shape index (κ1) is 20.4. The first-order chi connectivity index (χ1) is 14.0. The minimum absolute atomic E-state index is 0.343. The molecule has 0 bridgehead atoms. The van der Waals surface area contributed by atoms with E-state index >= 15 is 0 Å². The van der Waals surface area contributed by atoms with Gasteiger partial charge in [-0.2, -0.15) is 5.10 Å². The number of halogens is 1. The average molecular weight is 410 g/mol. The Morgan fingerprint density at radius 3 is 2.55 bits per heavy atom. The summed E-state index contributed by atoms with van der Waals surface area (Å²) in [5.74, 6) is 0.860. The molecule has 2 aromatic carbocycles. The highest BCUT2D eigenvalue weighted by molar-refractivity contribution is 6.30. The summed E-state index contributed by atoms with van der Waals surface area (Å²) in [7, 11) is 3.13. The van der Waals surface area contributed by atoms with Crippen LogP contribution < -0.4 is 14.9 Å². The van der Waals surface area contributed by atoms with E-state index in [9.17, 15) is 4.79 Å². The summed E-state index contributed by atoms with van der Waals surface area (Å²) >= 11 is 6.04. The third kappa shape index (κ3) is 4.92. The van der Waals surface area contributed by atoms with E-state index < -0.39 is 0 Å². The lowest BCUT2D eigenvalue weighted by Crippen LogP contribution is -2.19. The van der Waals surface area contributed by atoms with E-state index in [4.69, 9.17) is 21.1 Å². The van der Waals surface area contributed by atoms with Gasteiger partial charge in [-0.1, -0.05) is 23.7 Å². The van der Waals surface area contributed by atoms with Crippen LogP contribution in [0.1, 0.15) is 21.6 Å². The van der Waals surface area contributed by atoms with E-state index in [1.165, 1.54) is 6.21 Å². The summed E-state index contributed by atoms with van der Waals surface area (Å²) < 4.78 is 10.5. The van der Waals surface area contributed by atoms with Crippen LogP contribution in [0.2, 0.25) is 5.02 Å². The number of carbonyl (C=O) groups is 1. The van der Waals surface area contributed by atoms with E-state index in [1.807, 2.05) is 24.3 Å². The number of hydrogen-bond donors (Lipinski definition) is 1. The highest BCUT2D eigenvalue weighted by atomic mass is 35.5. The van der Waals surface area contributed by atoms with Crippen molar-refractivity contribution in [2.75, 3.05) is 14.2 Å². The van der Waals surface area contributed by atoms with Crippen LogP contribution in [0.15, 0.2) is 59.7 Å². The van der Waals surface area contributed by atoms with E-state index in [-0.39, 0.29) is 5.91 Å².